The molecule has 0 atom stereocenters. The smallest absolute Gasteiger partial charge is 0.478 e. The van der Waals surface area contributed by atoms with Crippen molar-refractivity contribution in [3.05, 3.63) is 83.3 Å². The molecule has 1 fully saturated rings. The van der Waals surface area contributed by atoms with Crippen molar-refractivity contribution in [2.45, 2.75) is 37.3 Å². The molecule has 0 amide bonds. The molecule has 0 spiro atoms. The Hall–Kier alpha value is -4.20. The number of nitrogens with zero attached hydrogens (tertiary/aromatic N) is 2. The van der Waals surface area contributed by atoms with E-state index in [4.69, 9.17) is 9.90 Å². The Morgan fingerprint density at radius 2 is 1.66 bits per heavy atom. The highest BCUT2D eigenvalue weighted by Crippen LogP contribution is 2.29. The topological polar surface area (TPSA) is 137 Å². The summed E-state index contributed by atoms with van der Waals surface area (Å²) in [5.41, 5.74) is 1.58. The number of piperidine rings is 1. The lowest BCUT2D eigenvalue weighted by Gasteiger charge is -2.33. The second-order valence-corrected chi connectivity index (χ2v) is 11.0. The van der Waals surface area contributed by atoms with E-state index in [-0.39, 0.29) is 16.1 Å². The number of carboxylic acid groups (broad SMARTS) is 2. The van der Waals surface area contributed by atoms with Gasteiger partial charge in [0, 0.05) is 13.1 Å². The maximum atomic E-state index is 13.6. The molecule has 9 nitrogen and oxygen atoms in total. The molecule has 0 unspecified atom stereocenters. The van der Waals surface area contributed by atoms with Crippen molar-refractivity contribution < 1.29 is 45.8 Å². The predicted molar refractivity (Wildman–Crippen MR) is 142 cm³/mol. The van der Waals surface area contributed by atoms with E-state index in [0.717, 1.165) is 25.3 Å². The molecule has 2 aromatic carbocycles. The number of alkyl halides is 3. The van der Waals surface area contributed by atoms with Crippen molar-refractivity contribution in [2.75, 3.05) is 22.7 Å². The third kappa shape index (κ3) is 8.64. The molecule has 1 aromatic heterocycles. The number of benzene rings is 2. The summed E-state index contributed by atoms with van der Waals surface area (Å²) in [7, 11) is -4.12. The Kier molecular flexibility index (Phi) is 9.92. The van der Waals surface area contributed by atoms with Crippen molar-refractivity contribution >= 4 is 33.5 Å². The van der Waals surface area contributed by atoms with E-state index >= 15 is 0 Å². The molecular weight excluding hydrogens is 570 g/mol. The number of sulfonamides is 1. The van der Waals surface area contributed by atoms with Crippen molar-refractivity contribution in [3.8, 4) is 0 Å². The van der Waals surface area contributed by atoms with Crippen LogP contribution in [-0.2, 0) is 21.2 Å². The fourth-order valence-electron chi connectivity index (χ4n) is 4.29. The minimum absolute atomic E-state index is 0.00350. The molecular formula is C27H27F4N3O6S. The van der Waals surface area contributed by atoms with E-state index in [0.29, 0.717) is 30.4 Å². The number of aryl methyl sites for hydroxylation is 1. The third-order valence-electron chi connectivity index (χ3n) is 6.31. The average molecular weight is 598 g/mol. The first-order chi connectivity index (χ1) is 19.2. The van der Waals surface area contributed by atoms with Crippen LogP contribution < -0.4 is 9.62 Å². The van der Waals surface area contributed by atoms with E-state index in [2.05, 4.69) is 21.8 Å². The van der Waals surface area contributed by atoms with Gasteiger partial charge in [-0.1, -0.05) is 36.4 Å². The SMILES string of the molecule is Cc1ccc(F)cc1S(=O)(=O)Nc1cnc(N2CCC(Cc3ccccc3)CC2)c(C(=O)O)c1.O=C(O)C(F)(F)F. The summed E-state index contributed by atoms with van der Waals surface area (Å²) >= 11 is 0. The van der Waals surface area contributed by atoms with Crippen molar-refractivity contribution in [1.29, 1.82) is 0 Å². The second kappa shape index (κ2) is 13.0. The summed E-state index contributed by atoms with van der Waals surface area (Å²) in [4.78, 5) is 26.9. The van der Waals surface area contributed by atoms with Gasteiger partial charge >= 0.3 is 18.1 Å². The number of aromatic carboxylic acids is 1. The van der Waals surface area contributed by atoms with Gasteiger partial charge in [-0.2, -0.15) is 13.2 Å². The molecule has 4 rings (SSSR count). The predicted octanol–water partition coefficient (Wildman–Crippen LogP) is 5.12. The van der Waals surface area contributed by atoms with Gasteiger partial charge in [-0.15, -0.1) is 0 Å². The van der Waals surface area contributed by atoms with Gasteiger partial charge < -0.3 is 15.1 Å². The molecule has 1 aliphatic rings. The highest BCUT2D eigenvalue weighted by atomic mass is 32.2. The Morgan fingerprint density at radius 3 is 2.22 bits per heavy atom. The summed E-state index contributed by atoms with van der Waals surface area (Å²) in [6, 6.07) is 15.0. The first-order valence-electron chi connectivity index (χ1n) is 12.3. The quantitative estimate of drug-likeness (QED) is 0.319. The Bertz CT molecular complexity index is 1490. The summed E-state index contributed by atoms with van der Waals surface area (Å²) in [6.07, 6.45) is -0.996. The molecule has 14 heteroatoms. The lowest BCUT2D eigenvalue weighted by Crippen LogP contribution is -2.36. The van der Waals surface area contributed by atoms with Gasteiger partial charge in [0.2, 0.25) is 0 Å². The zero-order chi connectivity index (χ0) is 30.4. The number of pyridine rings is 1. The van der Waals surface area contributed by atoms with E-state index in [1.165, 1.54) is 30.0 Å². The number of hydrogen-bond acceptors (Lipinski definition) is 6. The van der Waals surface area contributed by atoms with E-state index in [1.807, 2.05) is 23.1 Å². The minimum atomic E-state index is -5.08. The number of halogens is 4. The molecule has 3 aromatic rings. The molecule has 220 valence electrons. The Morgan fingerprint density at radius 1 is 1.05 bits per heavy atom. The van der Waals surface area contributed by atoms with Gasteiger partial charge in [-0.25, -0.2) is 27.4 Å². The molecule has 1 saturated heterocycles. The first-order valence-corrected chi connectivity index (χ1v) is 13.8. The second-order valence-electron chi connectivity index (χ2n) is 9.34. The normalized spacial score (nSPS) is 14.1. The highest BCUT2D eigenvalue weighted by Gasteiger charge is 2.38. The lowest BCUT2D eigenvalue weighted by atomic mass is 9.90. The van der Waals surface area contributed by atoms with Gasteiger partial charge in [0.1, 0.15) is 17.2 Å². The molecule has 2 heterocycles. The molecule has 0 radical (unpaired) electrons. The van der Waals surface area contributed by atoms with Crippen LogP contribution in [0.3, 0.4) is 0 Å². The fraction of sp³-hybridized carbons (Fsp3) is 0.296. The standard InChI is InChI=1S/C25H26FN3O4S.C2HF3O2/c1-17-7-8-20(26)14-23(17)34(32,33)28-21-15-22(25(30)31)24(27-16-21)29-11-9-19(10-12-29)13-18-5-3-2-4-6-18;3-2(4,5)1(6)7/h2-8,14-16,19,28H,9-13H2,1H3,(H,30,31);(H,6,7). The minimum Gasteiger partial charge on any atom is -0.478 e. The van der Waals surface area contributed by atoms with Crippen molar-refractivity contribution in [2.24, 2.45) is 5.92 Å². The maximum absolute atomic E-state index is 13.6. The number of aromatic nitrogens is 1. The van der Waals surface area contributed by atoms with Crippen LogP contribution in [-0.4, -0.2) is 54.8 Å². The van der Waals surface area contributed by atoms with E-state index in [1.54, 1.807) is 6.92 Å². The number of hydrogen-bond donors (Lipinski definition) is 3. The molecule has 0 bridgehead atoms. The third-order valence-corrected chi connectivity index (χ3v) is 7.84. The van der Waals surface area contributed by atoms with Gasteiger partial charge in [-0.05, 0) is 61.4 Å². The molecule has 1 aliphatic heterocycles. The first kappa shape index (κ1) is 31.3. The molecule has 0 saturated carbocycles. The van der Waals surface area contributed by atoms with Crippen LogP contribution in [0.1, 0.15) is 34.3 Å². The van der Waals surface area contributed by atoms with Gasteiger partial charge in [0.05, 0.1) is 16.8 Å². The van der Waals surface area contributed by atoms with Crippen LogP contribution in [0.25, 0.3) is 0 Å². The van der Waals surface area contributed by atoms with Crippen molar-refractivity contribution in [1.82, 2.24) is 4.98 Å². The van der Waals surface area contributed by atoms with E-state index < -0.39 is 34.0 Å². The van der Waals surface area contributed by atoms with Crippen molar-refractivity contribution in [3.63, 3.8) is 0 Å². The summed E-state index contributed by atoms with van der Waals surface area (Å²) in [5.74, 6) is -3.81. The number of rotatable bonds is 7. The summed E-state index contributed by atoms with van der Waals surface area (Å²) in [5, 5.41) is 16.9. The van der Waals surface area contributed by atoms with Gasteiger partial charge in [0.15, 0.2) is 0 Å². The number of aliphatic carboxylic acids is 1. The van der Waals surface area contributed by atoms with Crippen LogP contribution in [0, 0.1) is 18.7 Å². The van der Waals surface area contributed by atoms with Gasteiger partial charge in [0.25, 0.3) is 10.0 Å². The molecule has 41 heavy (non-hydrogen) atoms. The monoisotopic (exact) mass is 597 g/mol. The number of nitrogens with one attached hydrogen (secondary N) is 1. The number of carbonyl (C=O) groups is 2. The highest BCUT2D eigenvalue weighted by molar-refractivity contribution is 7.92. The van der Waals surface area contributed by atoms with Crippen LogP contribution in [0.15, 0.2) is 65.7 Å². The maximum Gasteiger partial charge on any atom is 0.490 e. The molecule has 0 aliphatic carbocycles. The van der Waals surface area contributed by atoms with Crippen LogP contribution in [0.2, 0.25) is 0 Å². The van der Waals surface area contributed by atoms with Crippen LogP contribution in [0.5, 0.6) is 0 Å². The fourth-order valence-corrected chi connectivity index (χ4v) is 5.58. The van der Waals surface area contributed by atoms with Crippen LogP contribution >= 0.6 is 0 Å². The Balaban J connectivity index is 0.000000587. The zero-order valence-corrected chi connectivity index (χ0v) is 22.5. The largest absolute Gasteiger partial charge is 0.490 e. The zero-order valence-electron chi connectivity index (χ0n) is 21.7. The summed E-state index contributed by atoms with van der Waals surface area (Å²) in [6.45, 7) is 2.89. The lowest BCUT2D eigenvalue weighted by molar-refractivity contribution is -0.192. The van der Waals surface area contributed by atoms with E-state index in [9.17, 15) is 35.9 Å². The number of anilines is 2. The molecule has 3 N–H and O–H groups in total. The summed E-state index contributed by atoms with van der Waals surface area (Å²) < 4.78 is 73.2. The Labute approximate surface area is 233 Å². The average Bonchev–Trinajstić information content (AvgIpc) is 2.90. The van der Waals surface area contributed by atoms with Gasteiger partial charge in [-0.3, -0.25) is 4.72 Å². The number of carboxylic acids is 2. The van der Waals surface area contributed by atoms with Crippen LogP contribution in [0.4, 0.5) is 29.1 Å².